The second-order valence-electron chi connectivity index (χ2n) is 13.2. The molecule has 0 saturated carbocycles. The Kier molecular flexibility index (Phi) is 7.60. The zero-order chi connectivity index (χ0) is 29.3. The van der Waals surface area contributed by atoms with E-state index in [4.69, 9.17) is 9.97 Å². The molecule has 0 atom stereocenters. The van der Waals surface area contributed by atoms with Crippen LogP contribution in [0, 0.1) is 13.0 Å². The van der Waals surface area contributed by atoms with Crippen LogP contribution in [0.5, 0.6) is 5.75 Å². The van der Waals surface area contributed by atoms with Crippen molar-refractivity contribution in [3.63, 3.8) is 0 Å². The average molecular weight is 736 g/mol. The summed E-state index contributed by atoms with van der Waals surface area (Å²) in [4.78, 5) is 12.1. The van der Waals surface area contributed by atoms with E-state index < -0.39 is 0 Å². The third-order valence-electron chi connectivity index (χ3n) is 8.49. The molecule has 3 aromatic carbocycles. The van der Waals surface area contributed by atoms with Gasteiger partial charge < -0.3 is 10.0 Å². The Morgan fingerprint density at radius 3 is 2.31 bits per heavy atom. The normalized spacial score (nSPS) is 14.0. The molecule has 218 valence electrons. The average Bonchev–Trinajstić information content (AvgIpc) is 2.93. The van der Waals surface area contributed by atoms with Gasteiger partial charge in [0.25, 0.3) is 0 Å². The van der Waals surface area contributed by atoms with Crippen LogP contribution < -0.4 is 4.90 Å². The first-order valence-corrected chi connectivity index (χ1v) is 14.4. The minimum absolute atomic E-state index is 0. The fraction of sp³-hybridized carbons (Fsp3) is 0.297. The first-order chi connectivity index (χ1) is 19.4. The summed E-state index contributed by atoms with van der Waals surface area (Å²) in [6, 6.07) is 27.0. The minimum Gasteiger partial charge on any atom is -0.506 e. The van der Waals surface area contributed by atoms with Crippen molar-refractivity contribution in [3.8, 4) is 17.0 Å². The molecule has 2 aromatic heterocycles. The van der Waals surface area contributed by atoms with Gasteiger partial charge in [0.1, 0.15) is 17.1 Å². The van der Waals surface area contributed by atoms with Crippen molar-refractivity contribution in [3.05, 3.63) is 107 Å². The molecule has 0 radical (unpaired) electrons. The first-order valence-electron chi connectivity index (χ1n) is 14.4. The molecule has 0 spiro atoms. The van der Waals surface area contributed by atoms with Crippen molar-refractivity contribution < 1.29 is 26.2 Å². The predicted octanol–water partition coefficient (Wildman–Crippen LogP) is 9.64. The number of benzene rings is 3. The fourth-order valence-corrected chi connectivity index (χ4v) is 6.00. The Morgan fingerprint density at radius 2 is 1.64 bits per heavy atom. The number of fused-ring (bicyclic) bond motifs is 3. The van der Waals surface area contributed by atoms with Crippen LogP contribution in [0.15, 0.2) is 72.9 Å². The summed E-state index contributed by atoms with van der Waals surface area (Å²) in [7, 11) is 0. The second kappa shape index (κ2) is 10.7. The number of aryl methyl sites for hydroxylation is 1. The molecule has 5 aromatic rings. The zero-order valence-electron chi connectivity index (χ0n) is 25.6. The van der Waals surface area contributed by atoms with E-state index in [1.165, 1.54) is 22.3 Å². The predicted molar refractivity (Wildman–Crippen MR) is 170 cm³/mol. The zero-order valence-corrected chi connectivity index (χ0v) is 27.9. The minimum atomic E-state index is -0.238. The first kappa shape index (κ1) is 30.0. The molecule has 6 rings (SSSR count). The monoisotopic (exact) mass is 735 g/mol. The maximum absolute atomic E-state index is 10.7. The number of rotatable bonds is 3. The molecule has 3 heterocycles. The number of aromatic hydroxyl groups is 1. The van der Waals surface area contributed by atoms with Gasteiger partial charge in [-0.05, 0) is 75.5 Å². The largest absolute Gasteiger partial charge is 0.506 e. The smallest absolute Gasteiger partial charge is 0.140 e. The molecule has 1 aliphatic heterocycles. The van der Waals surface area contributed by atoms with Gasteiger partial charge in [-0.2, -0.15) is 0 Å². The van der Waals surface area contributed by atoms with Gasteiger partial charge in [-0.15, -0.1) is 23.8 Å². The molecule has 1 aliphatic rings. The van der Waals surface area contributed by atoms with Crippen LogP contribution in [0.4, 0.5) is 17.2 Å². The molecule has 0 unspecified atom stereocenters. The van der Waals surface area contributed by atoms with Crippen molar-refractivity contribution in [2.24, 2.45) is 0 Å². The molecular weight excluding hydrogens is 698 g/mol. The molecule has 4 nitrogen and oxygen atoms in total. The maximum Gasteiger partial charge on any atom is 0.140 e. The third-order valence-corrected chi connectivity index (χ3v) is 8.49. The van der Waals surface area contributed by atoms with Crippen molar-refractivity contribution in [1.29, 1.82) is 0 Å². The summed E-state index contributed by atoms with van der Waals surface area (Å²) >= 11 is 0. The Labute approximate surface area is 264 Å². The number of hydrogen-bond acceptors (Lipinski definition) is 4. The molecule has 1 N–H and O–H groups in total. The summed E-state index contributed by atoms with van der Waals surface area (Å²) in [5.74, 6) is 1.38. The summed E-state index contributed by atoms with van der Waals surface area (Å²) in [6.45, 7) is 17.7. The summed E-state index contributed by atoms with van der Waals surface area (Å²) in [5, 5.41) is 11.7. The van der Waals surface area contributed by atoms with E-state index in [1.54, 1.807) is 6.07 Å². The molecule has 0 aliphatic carbocycles. The van der Waals surface area contributed by atoms with E-state index in [9.17, 15) is 5.11 Å². The van der Waals surface area contributed by atoms with Crippen molar-refractivity contribution in [1.82, 2.24) is 9.97 Å². The van der Waals surface area contributed by atoms with Crippen molar-refractivity contribution in [2.75, 3.05) is 4.90 Å². The van der Waals surface area contributed by atoms with Gasteiger partial charge in [0.05, 0.1) is 0 Å². The molecule has 0 fully saturated rings. The van der Waals surface area contributed by atoms with Crippen molar-refractivity contribution >= 4 is 28.1 Å². The number of pyridine rings is 2. The molecule has 5 heteroatoms. The van der Waals surface area contributed by atoms with Crippen molar-refractivity contribution in [2.45, 2.75) is 72.1 Å². The van der Waals surface area contributed by atoms with Crippen LogP contribution in [-0.4, -0.2) is 15.1 Å². The van der Waals surface area contributed by atoms with Gasteiger partial charge >= 0.3 is 0 Å². The number of nitrogens with zero attached hydrogens (tertiary/aromatic N) is 3. The van der Waals surface area contributed by atoms with E-state index in [0.29, 0.717) is 11.4 Å². The van der Waals surface area contributed by atoms with Crippen LogP contribution >= 0.6 is 0 Å². The number of phenols is 1. The Balaban J connectivity index is 0.00000353. The van der Waals surface area contributed by atoms with Gasteiger partial charge in [0.2, 0.25) is 0 Å². The quantitative estimate of drug-likeness (QED) is 0.188. The second-order valence-corrected chi connectivity index (χ2v) is 13.2. The van der Waals surface area contributed by atoms with E-state index in [-0.39, 0.29) is 37.6 Å². The van der Waals surface area contributed by atoms with Crippen LogP contribution in [0.25, 0.3) is 22.2 Å². The third kappa shape index (κ3) is 4.94. The van der Waals surface area contributed by atoms with Gasteiger partial charge in [0.15, 0.2) is 0 Å². The molecule has 0 saturated heterocycles. The van der Waals surface area contributed by atoms with Gasteiger partial charge in [-0.3, -0.25) is 4.98 Å². The van der Waals surface area contributed by atoms with E-state index in [0.717, 1.165) is 39.4 Å². The van der Waals surface area contributed by atoms with Crippen LogP contribution in [-0.2, 0) is 31.9 Å². The van der Waals surface area contributed by atoms with Gasteiger partial charge in [-0.25, -0.2) is 4.98 Å². The SMILES string of the molecule is Cc1ccc(N2c3[c-]c(-c4ccc5c(C(C)C)ccc(O)c5n4)ccc3C(C)(C)c3ccc(C(C)(C)C)cc32)nc1.[Pt]. The van der Waals surface area contributed by atoms with E-state index >= 15 is 0 Å². The van der Waals surface area contributed by atoms with E-state index in [1.807, 2.05) is 18.3 Å². The summed E-state index contributed by atoms with van der Waals surface area (Å²) in [5.41, 5.74) is 10.2. The van der Waals surface area contributed by atoms with E-state index in [2.05, 4.69) is 115 Å². The number of aromatic nitrogens is 2. The number of anilines is 3. The fourth-order valence-electron chi connectivity index (χ4n) is 6.00. The van der Waals surface area contributed by atoms with Crippen LogP contribution in [0.1, 0.15) is 82.2 Å². The maximum atomic E-state index is 10.7. The standard InChI is InChI=1S/C37H38N3O.Pt/c1-22(2)26-13-17-33(41)35-27(26)12-16-30(39-35)24-10-14-28-31(19-24)40(34-18-9-23(3)21-38-34)32-20-25(36(4,5)6)11-15-29(32)37(28,7)8;/h9-18,20-22,41H,1-8H3;/q-1;. The Morgan fingerprint density at radius 1 is 0.905 bits per heavy atom. The number of phenolic OH excluding ortho intramolecular Hbond substituents is 1. The van der Waals surface area contributed by atoms with Gasteiger partial charge in [-0.1, -0.05) is 90.4 Å². The van der Waals surface area contributed by atoms with Crippen LogP contribution in [0.3, 0.4) is 0 Å². The summed E-state index contributed by atoms with van der Waals surface area (Å²) in [6.07, 6.45) is 1.92. The van der Waals surface area contributed by atoms with Gasteiger partial charge in [0, 0.05) is 38.3 Å². The Bertz CT molecular complexity index is 1800. The number of hydrogen-bond donors (Lipinski definition) is 1. The molecule has 0 amide bonds. The molecule has 0 bridgehead atoms. The topological polar surface area (TPSA) is 49.2 Å². The Hall–Kier alpha value is -3.49. The molecule has 42 heavy (non-hydrogen) atoms. The van der Waals surface area contributed by atoms with Crippen LogP contribution in [0.2, 0.25) is 0 Å². The summed E-state index contributed by atoms with van der Waals surface area (Å²) < 4.78 is 0. The molecular formula is C37H38N3OPt-.